The van der Waals surface area contributed by atoms with Gasteiger partial charge in [-0.2, -0.15) is 0 Å². The summed E-state index contributed by atoms with van der Waals surface area (Å²) in [6.45, 7) is 3.18. The first kappa shape index (κ1) is 17.1. The van der Waals surface area contributed by atoms with Crippen molar-refractivity contribution >= 4 is 23.0 Å². The third-order valence-electron chi connectivity index (χ3n) is 2.81. The molecule has 0 aromatic carbocycles. The molecule has 1 unspecified atom stereocenters. The molecular weight excluding hydrogens is 293 g/mol. The number of ether oxygens (including phenoxy) is 1. The second-order valence-electron chi connectivity index (χ2n) is 4.85. The Kier molecular flexibility index (Phi) is 5.61. The summed E-state index contributed by atoms with van der Waals surface area (Å²) in [7, 11) is -6.22. The fourth-order valence-corrected chi connectivity index (χ4v) is 2.92. The fourth-order valence-electron chi connectivity index (χ4n) is 1.62. The highest BCUT2D eigenvalue weighted by atomic mass is 31.2. The van der Waals surface area contributed by atoms with E-state index in [1.807, 2.05) is 0 Å². The molecule has 1 heterocycles. The molecule has 1 rings (SSSR count). The van der Waals surface area contributed by atoms with Gasteiger partial charge in [0.05, 0.1) is 23.9 Å². The minimum Gasteiger partial charge on any atom is -0.377 e. The molecule has 10 heteroatoms. The van der Waals surface area contributed by atoms with Crippen molar-refractivity contribution in [3.05, 3.63) is 11.9 Å². The van der Waals surface area contributed by atoms with Crippen LogP contribution in [0.1, 0.15) is 20.3 Å². The molecule has 0 aliphatic carbocycles. The molecule has 7 nitrogen and oxygen atoms in total. The van der Waals surface area contributed by atoms with Crippen molar-refractivity contribution in [2.75, 3.05) is 0 Å². The Morgan fingerprint density at radius 1 is 1.37 bits per heavy atom. The fraction of sp³-hybridized carbons (Fsp3) is 0.778. The van der Waals surface area contributed by atoms with Gasteiger partial charge in [-0.1, -0.05) is 13.8 Å². The zero-order valence-electron chi connectivity index (χ0n) is 11.0. The maximum absolute atomic E-state index is 11.8. The maximum atomic E-state index is 11.8. The van der Waals surface area contributed by atoms with Crippen LogP contribution in [0.2, 0.25) is 0 Å². The third kappa shape index (κ3) is 5.52. The van der Waals surface area contributed by atoms with Gasteiger partial charge in [-0.3, -0.25) is 9.13 Å². The molecule has 1 fully saturated rings. The number of hydrogen-bond donors (Lipinski definition) is 3. The van der Waals surface area contributed by atoms with Crippen molar-refractivity contribution in [2.45, 2.75) is 44.1 Å². The molecule has 3 N–H and O–H groups in total. The summed E-state index contributed by atoms with van der Waals surface area (Å²) < 4.78 is 33.1. The largest absolute Gasteiger partial charge is 0.377 e. The van der Waals surface area contributed by atoms with Crippen LogP contribution in [-0.4, -0.2) is 46.4 Å². The zero-order chi connectivity index (χ0) is 14.8. The summed E-state index contributed by atoms with van der Waals surface area (Å²) in [5.74, 6) is 0.772. The van der Waals surface area contributed by atoms with Crippen LogP contribution in [0.25, 0.3) is 0 Å². The van der Waals surface area contributed by atoms with Gasteiger partial charge in [0.15, 0.2) is 0 Å². The molecule has 110 valence electrons. The van der Waals surface area contributed by atoms with Crippen molar-refractivity contribution in [3.8, 4) is 0 Å². The highest BCUT2D eigenvalue weighted by molar-refractivity contribution is 7.55. The Morgan fingerprint density at radius 2 is 1.95 bits per heavy atom. The highest BCUT2D eigenvalue weighted by Crippen LogP contribution is 2.50. The average Bonchev–Trinajstić information content (AvgIpc) is 2.55. The Labute approximate surface area is 113 Å². The van der Waals surface area contributed by atoms with Gasteiger partial charge in [-0.15, -0.1) is 0 Å². The smallest absolute Gasteiger partial charge is 0.348 e. The van der Waals surface area contributed by atoms with Crippen LogP contribution >= 0.6 is 15.2 Å². The minimum absolute atomic E-state index is 0.287. The van der Waals surface area contributed by atoms with Gasteiger partial charge in [-0.05, 0) is 6.08 Å². The first-order chi connectivity index (χ1) is 8.51. The van der Waals surface area contributed by atoms with E-state index < -0.39 is 39.1 Å². The molecule has 0 spiro atoms. The molecule has 19 heavy (non-hydrogen) atoms. The van der Waals surface area contributed by atoms with Crippen molar-refractivity contribution in [2.24, 2.45) is 0 Å². The molecule has 4 atom stereocenters. The standard InChI is InChI=1S/C9H19BO7P2/c1-6(2)19(14,15)17-8-5-7(16-9(8)10)3-4-18(11,12)13/h3-4,6-9H,5,10H2,1-2H3,(H,14,15)(H2,11,12,13)/b4-3+/t7-,8-,9-/m1/s1. The Bertz CT molecular complexity index is 432. The summed E-state index contributed by atoms with van der Waals surface area (Å²) in [6.07, 6.45) is 0.456. The molecule has 0 bridgehead atoms. The van der Waals surface area contributed by atoms with Crippen molar-refractivity contribution < 1.29 is 33.1 Å². The van der Waals surface area contributed by atoms with Gasteiger partial charge in [0.25, 0.3) is 0 Å². The van der Waals surface area contributed by atoms with Crippen LogP contribution in [0.3, 0.4) is 0 Å². The lowest BCUT2D eigenvalue weighted by Crippen LogP contribution is -2.24. The van der Waals surface area contributed by atoms with Crippen LogP contribution in [-0.2, 0) is 18.4 Å². The summed E-state index contributed by atoms with van der Waals surface area (Å²) in [5, 5.41) is 0. The van der Waals surface area contributed by atoms with Crippen molar-refractivity contribution in [1.82, 2.24) is 0 Å². The maximum Gasteiger partial charge on any atom is 0.348 e. The van der Waals surface area contributed by atoms with E-state index in [2.05, 4.69) is 0 Å². The van der Waals surface area contributed by atoms with E-state index in [1.165, 1.54) is 6.08 Å². The van der Waals surface area contributed by atoms with E-state index in [4.69, 9.17) is 19.0 Å². The van der Waals surface area contributed by atoms with E-state index in [1.54, 1.807) is 21.7 Å². The topological polar surface area (TPSA) is 113 Å². The van der Waals surface area contributed by atoms with Crippen LogP contribution in [0.5, 0.6) is 0 Å². The van der Waals surface area contributed by atoms with Gasteiger partial charge < -0.3 is 23.9 Å². The molecule has 1 saturated heterocycles. The number of rotatable bonds is 5. The van der Waals surface area contributed by atoms with Crippen LogP contribution in [0.4, 0.5) is 0 Å². The number of hydrogen-bond acceptors (Lipinski definition) is 4. The van der Waals surface area contributed by atoms with E-state index in [0.29, 0.717) is 0 Å². The SMILES string of the molecule is B[C@@H]1O[C@H](/C=C/P(=O)(O)O)C[C@H]1OP(=O)(O)C(C)C. The highest BCUT2D eigenvalue weighted by Gasteiger charge is 2.38. The van der Waals surface area contributed by atoms with E-state index >= 15 is 0 Å². The summed E-state index contributed by atoms with van der Waals surface area (Å²) >= 11 is 0. The quantitative estimate of drug-likeness (QED) is 0.497. The third-order valence-corrected chi connectivity index (χ3v) is 5.25. The minimum atomic E-state index is -4.22. The second kappa shape index (κ2) is 6.23. The molecule has 0 amide bonds. The monoisotopic (exact) mass is 312 g/mol. The Balaban J connectivity index is 2.64. The molecule has 0 aromatic heterocycles. The summed E-state index contributed by atoms with van der Waals surface area (Å²) in [5.41, 5.74) is -0.510. The summed E-state index contributed by atoms with van der Waals surface area (Å²) in [4.78, 5) is 27.1. The van der Waals surface area contributed by atoms with Gasteiger partial charge in [0.2, 0.25) is 0 Å². The zero-order valence-corrected chi connectivity index (χ0v) is 12.8. The molecule has 0 saturated carbocycles. The van der Waals surface area contributed by atoms with Gasteiger partial charge >= 0.3 is 15.2 Å². The molecule has 1 aliphatic heterocycles. The molecule has 0 radical (unpaired) electrons. The van der Waals surface area contributed by atoms with Gasteiger partial charge in [0.1, 0.15) is 7.85 Å². The summed E-state index contributed by atoms with van der Waals surface area (Å²) in [6, 6.07) is -0.411. The van der Waals surface area contributed by atoms with E-state index in [-0.39, 0.29) is 6.42 Å². The molecule has 1 aliphatic rings. The first-order valence-electron chi connectivity index (χ1n) is 5.92. The van der Waals surface area contributed by atoms with E-state index in [9.17, 15) is 14.0 Å². The first-order valence-corrected chi connectivity index (χ1v) is 9.25. The van der Waals surface area contributed by atoms with Gasteiger partial charge in [0, 0.05) is 12.2 Å². The van der Waals surface area contributed by atoms with E-state index in [0.717, 1.165) is 5.82 Å². The van der Waals surface area contributed by atoms with Crippen LogP contribution in [0.15, 0.2) is 11.9 Å². The predicted molar refractivity (Wildman–Crippen MR) is 72.8 cm³/mol. The van der Waals surface area contributed by atoms with Gasteiger partial charge in [-0.25, -0.2) is 0 Å². The van der Waals surface area contributed by atoms with Crippen molar-refractivity contribution in [3.63, 3.8) is 0 Å². The Morgan fingerprint density at radius 3 is 2.42 bits per heavy atom. The van der Waals surface area contributed by atoms with Crippen LogP contribution < -0.4 is 0 Å². The van der Waals surface area contributed by atoms with Crippen LogP contribution in [0, 0.1) is 0 Å². The van der Waals surface area contributed by atoms with Crippen molar-refractivity contribution in [1.29, 1.82) is 0 Å². The Hall–Kier alpha value is 0.0649. The lowest BCUT2D eigenvalue weighted by atomic mass is 9.94. The lowest BCUT2D eigenvalue weighted by Gasteiger charge is -2.21. The molecule has 0 aromatic rings. The second-order valence-corrected chi connectivity index (χ2v) is 8.70. The normalized spacial score (nSPS) is 32.0. The lowest BCUT2D eigenvalue weighted by molar-refractivity contribution is 0.0807. The molecular formula is C9H19BO7P2. The predicted octanol–water partition coefficient (Wildman–Crippen LogP) is 0.405. The average molecular weight is 312 g/mol.